The van der Waals surface area contributed by atoms with Crippen LogP contribution in [0.2, 0.25) is 0 Å². The van der Waals surface area contributed by atoms with Gasteiger partial charge in [0.1, 0.15) is 0 Å². The topological polar surface area (TPSA) is 29.9 Å². The summed E-state index contributed by atoms with van der Waals surface area (Å²) in [6.07, 6.45) is 6.68. The molecule has 0 spiro atoms. The molecule has 0 amide bonds. The number of nitrogens with one attached hydrogen (secondary N) is 1. The molecule has 3 nitrogen and oxygen atoms in total. The number of hydrogen-bond acceptors (Lipinski definition) is 2. The number of rotatable bonds is 6. The van der Waals surface area contributed by atoms with Crippen LogP contribution in [0.3, 0.4) is 0 Å². The molecule has 1 heterocycles. The standard InChI is InChI=1S/C16H29N3/c1-5-19-15(10-14(4)18-19)11-16(8-6-7-9-16)12-17-13(2)3/h10,13,17H,5-9,11-12H2,1-4H3. The Hall–Kier alpha value is -0.830. The lowest BCUT2D eigenvalue weighted by Gasteiger charge is -2.30. The van der Waals surface area contributed by atoms with E-state index in [1.54, 1.807) is 0 Å². The minimum Gasteiger partial charge on any atom is -0.314 e. The van der Waals surface area contributed by atoms with Crippen molar-refractivity contribution < 1.29 is 0 Å². The van der Waals surface area contributed by atoms with Gasteiger partial charge in [0.25, 0.3) is 0 Å². The van der Waals surface area contributed by atoms with Gasteiger partial charge in [0.2, 0.25) is 0 Å². The van der Waals surface area contributed by atoms with Gasteiger partial charge in [-0.1, -0.05) is 26.7 Å². The van der Waals surface area contributed by atoms with Gasteiger partial charge in [0.05, 0.1) is 5.69 Å². The minimum absolute atomic E-state index is 0.462. The Morgan fingerprint density at radius 1 is 1.37 bits per heavy atom. The van der Waals surface area contributed by atoms with Gasteiger partial charge in [-0.25, -0.2) is 0 Å². The van der Waals surface area contributed by atoms with Gasteiger partial charge >= 0.3 is 0 Å². The summed E-state index contributed by atoms with van der Waals surface area (Å²) in [6, 6.07) is 2.86. The van der Waals surface area contributed by atoms with E-state index in [2.05, 4.69) is 48.9 Å². The average Bonchev–Trinajstić information content (AvgIpc) is 2.95. The van der Waals surface area contributed by atoms with Crippen molar-refractivity contribution in [2.24, 2.45) is 5.41 Å². The largest absolute Gasteiger partial charge is 0.314 e. The van der Waals surface area contributed by atoms with E-state index in [9.17, 15) is 0 Å². The molecule has 0 radical (unpaired) electrons. The molecule has 19 heavy (non-hydrogen) atoms. The van der Waals surface area contributed by atoms with Gasteiger partial charge < -0.3 is 5.32 Å². The summed E-state index contributed by atoms with van der Waals surface area (Å²) >= 11 is 0. The lowest BCUT2D eigenvalue weighted by atomic mass is 9.81. The van der Waals surface area contributed by atoms with Gasteiger partial charge in [-0.15, -0.1) is 0 Å². The number of hydrogen-bond donors (Lipinski definition) is 1. The maximum Gasteiger partial charge on any atom is 0.0596 e. The molecule has 1 fully saturated rings. The second-order valence-corrected chi connectivity index (χ2v) is 6.51. The summed E-state index contributed by atoms with van der Waals surface area (Å²) in [5.74, 6) is 0. The summed E-state index contributed by atoms with van der Waals surface area (Å²) in [5.41, 5.74) is 3.04. The van der Waals surface area contributed by atoms with Gasteiger partial charge in [0.15, 0.2) is 0 Å². The number of aryl methyl sites for hydroxylation is 2. The molecular weight excluding hydrogens is 234 g/mol. The molecule has 0 aromatic carbocycles. The van der Waals surface area contributed by atoms with E-state index in [-0.39, 0.29) is 0 Å². The highest BCUT2D eigenvalue weighted by Crippen LogP contribution is 2.40. The molecule has 0 aliphatic heterocycles. The fraction of sp³-hybridized carbons (Fsp3) is 0.812. The molecule has 0 bridgehead atoms. The maximum absolute atomic E-state index is 4.59. The Bertz CT molecular complexity index is 400. The summed E-state index contributed by atoms with van der Waals surface area (Å²) in [5, 5.41) is 8.26. The molecule has 1 aliphatic carbocycles. The fourth-order valence-corrected chi connectivity index (χ4v) is 3.36. The SMILES string of the molecule is CCn1nc(C)cc1CC1(CNC(C)C)CCCC1. The first kappa shape index (κ1) is 14.6. The summed E-state index contributed by atoms with van der Waals surface area (Å²) < 4.78 is 2.19. The van der Waals surface area contributed by atoms with Crippen LogP contribution in [0.1, 0.15) is 57.8 Å². The predicted molar refractivity (Wildman–Crippen MR) is 80.4 cm³/mol. The van der Waals surface area contributed by atoms with Crippen LogP contribution in [-0.2, 0) is 13.0 Å². The average molecular weight is 263 g/mol. The Balaban J connectivity index is 2.11. The molecule has 1 N–H and O–H groups in total. The van der Waals surface area contributed by atoms with Crippen molar-refractivity contribution in [2.75, 3.05) is 6.54 Å². The van der Waals surface area contributed by atoms with Crippen LogP contribution in [0.15, 0.2) is 6.07 Å². The lowest BCUT2D eigenvalue weighted by molar-refractivity contribution is 0.262. The first-order valence-electron chi connectivity index (χ1n) is 7.81. The van der Waals surface area contributed by atoms with Crippen LogP contribution in [0.4, 0.5) is 0 Å². The van der Waals surface area contributed by atoms with E-state index in [0.29, 0.717) is 11.5 Å². The van der Waals surface area contributed by atoms with Crippen molar-refractivity contribution in [2.45, 2.75) is 72.4 Å². The van der Waals surface area contributed by atoms with Crippen molar-refractivity contribution in [1.29, 1.82) is 0 Å². The summed E-state index contributed by atoms with van der Waals surface area (Å²) in [6.45, 7) is 10.9. The summed E-state index contributed by atoms with van der Waals surface area (Å²) in [7, 11) is 0. The highest BCUT2D eigenvalue weighted by atomic mass is 15.3. The number of aromatic nitrogens is 2. The number of nitrogens with zero attached hydrogens (tertiary/aromatic N) is 2. The third kappa shape index (κ3) is 3.59. The molecular formula is C16H29N3. The van der Waals surface area contributed by atoms with Crippen molar-refractivity contribution in [3.05, 3.63) is 17.5 Å². The Kier molecular flexibility index (Phi) is 4.67. The molecule has 1 aliphatic rings. The first-order valence-corrected chi connectivity index (χ1v) is 7.81. The van der Waals surface area contributed by atoms with E-state index in [1.807, 2.05) is 0 Å². The molecule has 1 aromatic rings. The maximum atomic E-state index is 4.59. The van der Waals surface area contributed by atoms with Crippen LogP contribution in [0.5, 0.6) is 0 Å². The Morgan fingerprint density at radius 2 is 2.05 bits per heavy atom. The molecule has 0 unspecified atom stereocenters. The van der Waals surface area contributed by atoms with Gasteiger partial charge in [0, 0.05) is 24.8 Å². The van der Waals surface area contributed by atoms with Gasteiger partial charge in [-0.2, -0.15) is 5.10 Å². The quantitative estimate of drug-likeness (QED) is 0.853. The van der Waals surface area contributed by atoms with Gasteiger partial charge in [-0.05, 0) is 44.6 Å². The molecule has 1 saturated carbocycles. The van der Waals surface area contributed by atoms with Crippen molar-refractivity contribution >= 4 is 0 Å². The zero-order valence-electron chi connectivity index (χ0n) is 13.0. The van der Waals surface area contributed by atoms with Gasteiger partial charge in [-0.3, -0.25) is 4.68 Å². The third-order valence-corrected chi connectivity index (χ3v) is 4.39. The monoisotopic (exact) mass is 263 g/mol. The van der Waals surface area contributed by atoms with Crippen LogP contribution in [0, 0.1) is 12.3 Å². The third-order valence-electron chi connectivity index (χ3n) is 4.39. The second kappa shape index (κ2) is 6.08. The Morgan fingerprint density at radius 3 is 2.63 bits per heavy atom. The van der Waals surface area contributed by atoms with E-state index in [4.69, 9.17) is 0 Å². The molecule has 0 atom stereocenters. The van der Waals surface area contributed by atoms with E-state index in [1.165, 1.54) is 37.8 Å². The highest BCUT2D eigenvalue weighted by molar-refractivity contribution is 5.12. The smallest absolute Gasteiger partial charge is 0.0596 e. The molecule has 3 heteroatoms. The molecule has 108 valence electrons. The normalized spacial score (nSPS) is 18.4. The predicted octanol–water partition coefficient (Wildman–Crippen LogP) is 3.31. The Labute approximate surface area is 117 Å². The van der Waals surface area contributed by atoms with E-state index in [0.717, 1.165) is 18.8 Å². The zero-order chi connectivity index (χ0) is 13.9. The van der Waals surface area contributed by atoms with Crippen LogP contribution in [-0.4, -0.2) is 22.4 Å². The fourth-order valence-electron chi connectivity index (χ4n) is 3.36. The van der Waals surface area contributed by atoms with E-state index >= 15 is 0 Å². The van der Waals surface area contributed by atoms with Crippen LogP contribution < -0.4 is 5.32 Å². The minimum atomic E-state index is 0.462. The molecule has 0 saturated heterocycles. The van der Waals surface area contributed by atoms with Crippen molar-refractivity contribution in [3.63, 3.8) is 0 Å². The zero-order valence-corrected chi connectivity index (χ0v) is 13.0. The molecule has 1 aromatic heterocycles. The highest BCUT2D eigenvalue weighted by Gasteiger charge is 2.34. The van der Waals surface area contributed by atoms with Crippen LogP contribution in [0.25, 0.3) is 0 Å². The lowest BCUT2D eigenvalue weighted by Crippen LogP contribution is -2.37. The summed E-state index contributed by atoms with van der Waals surface area (Å²) in [4.78, 5) is 0. The second-order valence-electron chi connectivity index (χ2n) is 6.51. The first-order chi connectivity index (χ1) is 9.04. The van der Waals surface area contributed by atoms with Crippen molar-refractivity contribution in [1.82, 2.24) is 15.1 Å². The molecule has 2 rings (SSSR count). The van der Waals surface area contributed by atoms with Crippen molar-refractivity contribution in [3.8, 4) is 0 Å². The van der Waals surface area contributed by atoms with E-state index < -0.39 is 0 Å². The van der Waals surface area contributed by atoms with Crippen LogP contribution >= 0.6 is 0 Å².